The molecule has 0 atom stereocenters. The Hall–Kier alpha value is -0.800. The molecule has 0 aromatic heterocycles. The van der Waals surface area contributed by atoms with Crippen LogP contribution in [0.1, 0.15) is 12.8 Å². The van der Waals surface area contributed by atoms with Gasteiger partial charge >= 0.3 is 0 Å². The second-order valence-electron chi connectivity index (χ2n) is 2.27. The first-order valence-corrected chi connectivity index (χ1v) is 3.35. The van der Waals surface area contributed by atoms with Crippen molar-refractivity contribution in [2.24, 2.45) is 0 Å². The molecule has 0 amide bonds. The average Bonchev–Trinajstić information content (AvgIpc) is 2.05. The Labute approximate surface area is 60.6 Å². The number of nitrogens with one attached hydrogen (secondary N) is 1. The number of hydrogen-bond donors (Lipinski definition) is 2. The normalized spacial score (nSPS) is 16.8. The molecule has 0 fully saturated rings. The molecule has 56 valence electrons. The largest absolute Gasteiger partial charge is 0.297 e. The summed E-state index contributed by atoms with van der Waals surface area (Å²) in [6.07, 6.45) is 8.29. The van der Waals surface area contributed by atoms with Crippen molar-refractivity contribution in [2.45, 2.75) is 12.8 Å². The standard InChI is InChI=1S/C7H12N2O/c1-9(8-10)7-5-3-2-4-6-7/h3,5-6,8,10H,2,4H2,1H3. The second-order valence-corrected chi connectivity index (χ2v) is 2.27. The minimum atomic E-state index is 1.01. The van der Waals surface area contributed by atoms with Crippen molar-refractivity contribution in [1.29, 1.82) is 0 Å². The first kappa shape index (κ1) is 7.31. The fraction of sp³-hybridized carbons (Fsp3) is 0.429. The zero-order valence-electron chi connectivity index (χ0n) is 6.04. The van der Waals surface area contributed by atoms with Crippen LogP contribution in [0.5, 0.6) is 0 Å². The molecule has 2 N–H and O–H groups in total. The molecule has 1 aliphatic carbocycles. The minimum Gasteiger partial charge on any atom is -0.297 e. The van der Waals surface area contributed by atoms with Crippen LogP contribution in [0.15, 0.2) is 23.9 Å². The van der Waals surface area contributed by atoms with E-state index in [1.165, 1.54) is 0 Å². The number of hydrogen-bond acceptors (Lipinski definition) is 3. The molecular formula is C7H12N2O. The predicted octanol–water partition coefficient (Wildman–Crippen LogP) is 1.05. The van der Waals surface area contributed by atoms with Gasteiger partial charge in [0.1, 0.15) is 0 Å². The Kier molecular flexibility index (Phi) is 2.48. The Morgan fingerprint density at radius 2 is 2.40 bits per heavy atom. The molecule has 3 nitrogen and oxygen atoms in total. The van der Waals surface area contributed by atoms with Gasteiger partial charge in [0.05, 0.1) is 0 Å². The van der Waals surface area contributed by atoms with Gasteiger partial charge in [-0.15, -0.1) is 5.59 Å². The fourth-order valence-corrected chi connectivity index (χ4v) is 0.906. The lowest BCUT2D eigenvalue weighted by molar-refractivity contribution is 0.0256. The zero-order valence-corrected chi connectivity index (χ0v) is 6.04. The fourth-order valence-electron chi connectivity index (χ4n) is 0.906. The maximum atomic E-state index is 8.49. The Morgan fingerprint density at radius 3 is 2.90 bits per heavy atom. The van der Waals surface area contributed by atoms with Gasteiger partial charge in [-0.3, -0.25) is 10.2 Å². The van der Waals surface area contributed by atoms with E-state index < -0.39 is 0 Å². The summed E-state index contributed by atoms with van der Waals surface area (Å²) in [6, 6.07) is 0. The van der Waals surface area contributed by atoms with E-state index in [9.17, 15) is 0 Å². The molecule has 0 spiro atoms. The van der Waals surface area contributed by atoms with Gasteiger partial charge in [-0.1, -0.05) is 12.2 Å². The van der Waals surface area contributed by atoms with Crippen LogP contribution < -0.4 is 5.59 Å². The third kappa shape index (κ3) is 1.59. The smallest absolute Gasteiger partial charge is 0.0495 e. The van der Waals surface area contributed by atoms with Gasteiger partial charge in [0.25, 0.3) is 0 Å². The van der Waals surface area contributed by atoms with E-state index >= 15 is 0 Å². The molecule has 0 bridgehead atoms. The van der Waals surface area contributed by atoms with Gasteiger partial charge in [-0.2, -0.15) is 0 Å². The minimum absolute atomic E-state index is 1.01. The van der Waals surface area contributed by atoms with Crippen LogP contribution in [0.4, 0.5) is 0 Å². The van der Waals surface area contributed by atoms with Crippen molar-refractivity contribution in [3.05, 3.63) is 23.9 Å². The van der Waals surface area contributed by atoms with Crippen molar-refractivity contribution in [3.63, 3.8) is 0 Å². The van der Waals surface area contributed by atoms with Gasteiger partial charge in [0.15, 0.2) is 0 Å². The van der Waals surface area contributed by atoms with Gasteiger partial charge in [0, 0.05) is 12.7 Å². The van der Waals surface area contributed by atoms with Crippen molar-refractivity contribution in [1.82, 2.24) is 10.6 Å². The lowest BCUT2D eigenvalue weighted by Gasteiger charge is -2.18. The summed E-state index contributed by atoms with van der Waals surface area (Å²) >= 11 is 0. The molecule has 0 saturated carbocycles. The third-order valence-corrected chi connectivity index (χ3v) is 1.51. The van der Waals surface area contributed by atoms with E-state index in [1.54, 1.807) is 12.1 Å². The summed E-state index contributed by atoms with van der Waals surface area (Å²) in [5.74, 6) is 0. The van der Waals surface area contributed by atoms with E-state index in [0.29, 0.717) is 0 Å². The lowest BCUT2D eigenvalue weighted by Crippen LogP contribution is -2.30. The Bertz CT molecular complexity index is 163. The highest BCUT2D eigenvalue weighted by Gasteiger charge is 2.00. The van der Waals surface area contributed by atoms with Gasteiger partial charge in [-0.25, -0.2) is 0 Å². The molecule has 0 unspecified atom stereocenters. The monoisotopic (exact) mass is 140 g/mol. The second kappa shape index (κ2) is 3.39. The van der Waals surface area contributed by atoms with Crippen molar-refractivity contribution in [2.75, 3.05) is 7.05 Å². The Balaban J connectivity index is 2.54. The van der Waals surface area contributed by atoms with Crippen molar-refractivity contribution < 1.29 is 5.21 Å². The Morgan fingerprint density at radius 1 is 1.60 bits per heavy atom. The van der Waals surface area contributed by atoms with Gasteiger partial charge in [-0.05, 0) is 18.9 Å². The van der Waals surface area contributed by atoms with Crippen LogP contribution in [0.2, 0.25) is 0 Å². The highest BCUT2D eigenvalue weighted by atomic mass is 16.5. The molecule has 0 heterocycles. The van der Waals surface area contributed by atoms with Gasteiger partial charge in [0.2, 0.25) is 0 Å². The van der Waals surface area contributed by atoms with Crippen LogP contribution in [0.25, 0.3) is 0 Å². The molecule has 0 aromatic rings. The third-order valence-electron chi connectivity index (χ3n) is 1.51. The molecule has 1 aliphatic rings. The summed E-state index contributed by atoms with van der Waals surface area (Å²) in [5, 5.41) is 10.1. The summed E-state index contributed by atoms with van der Waals surface area (Å²) < 4.78 is 0. The van der Waals surface area contributed by atoms with E-state index in [0.717, 1.165) is 18.5 Å². The number of allylic oxidation sites excluding steroid dienone is 3. The summed E-state index contributed by atoms with van der Waals surface area (Å²) in [4.78, 5) is 0. The number of nitrogens with zero attached hydrogens (tertiary/aromatic N) is 1. The average molecular weight is 140 g/mol. The quantitative estimate of drug-likeness (QED) is 0.563. The van der Waals surface area contributed by atoms with E-state index in [4.69, 9.17) is 5.21 Å². The van der Waals surface area contributed by atoms with E-state index in [-0.39, 0.29) is 0 Å². The highest BCUT2D eigenvalue weighted by molar-refractivity contribution is 5.19. The molecule has 0 aliphatic heterocycles. The van der Waals surface area contributed by atoms with Crippen LogP contribution in [0, 0.1) is 0 Å². The van der Waals surface area contributed by atoms with E-state index in [1.807, 2.05) is 11.7 Å². The van der Waals surface area contributed by atoms with Crippen LogP contribution >= 0.6 is 0 Å². The first-order valence-electron chi connectivity index (χ1n) is 3.35. The molecule has 0 radical (unpaired) electrons. The lowest BCUT2D eigenvalue weighted by atomic mass is 10.1. The van der Waals surface area contributed by atoms with Crippen molar-refractivity contribution >= 4 is 0 Å². The molecule has 3 heteroatoms. The van der Waals surface area contributed by atoms with Crippen LogP contribution in [-0.4, -0.2) is 17.3 Å². The predicted molar refractivity (Wildman–Crippen MR) is 39.1 cm³/mol. The van der Waals surface area contributed by atoms with E-state index in [2.05, 4.69) is 12.2 Å². The highest BCUT2D eigenvalue weighted by Crippen LogP contribution is 2.10. The van der Waals surface area contributed by atoms with Crippen molar-refractivity contribution in [3.8, 4) is 0 Å². The molecule has 1 rings (SSSR count). The van der Waals surface area contributed by atoms with Crippen LogP contribution in [-0.2, 0) is 0 Å². The van der Waals surface area contributed by atoms with Crippen LogP contribution in [0.3, 0.4) is 0 Å². The zero-order chi connectivity index (χ0) is 7.40. The summed E-state index contributed by atoms with van der Waals surface area (Å²) in [7, 11) is 1.77. The molecule has 0 saturated heterocycles. The summed E-state index contributed by atoms with van der Waals surface area (Å²) in [5.41, 5.74) is 3.06. The molecule has 10 heavy (non-hydrogen) atoms. The SMILES string of the molecule is CN(NO)C1=CCCC=C1. The number of hydrazine groups is 1. The molecular weight excluding hydrogens is 128 g/mol. The summed E-state index contributed by atoms with van der Waals surface area (Å²) in [6.45, 7) is 0. The van der Waals surface area contributed by atoms with Gasteiger partial charge < -0.3 is 0 Å². The number of rotatable bonds is 2. The first-order chi connectivity index (χ1) is 4.84. The maximum Gasteiger partial charge on any atom is 0.0495 e. The maximum absolute atomic E-state index is 8.49. The molecule has 0 aromatic carbocycles. The topological polar surface area (TPSA) is 35.5 Å². The number of likely N-dealkylation sites (N-methyl/N-ethyl adjacent to an activating group) is 1.